The van der Waals surface area contributed by atoms with E-state index in [-0.39, 0.29) is 6.03 Å². The van der Waals surface area contributed by atoms with Gasteiger partial charge in [-0.3, -0.25) is 0 Å². The van der Waals surface area contributed by atoms with Crippen LogP contribution in [0, 0.1) is 6.92 Å². The summed E-state index contributed by atoms with van der Waals surface area (Å²) in [5.41, 5.74) is 1.94. The molecule has 1 aromatic carbocycles. The van der Waals surface area contributed by atoms with E-state index >= 15 is 0 Å². The van der Waals surface area contributed by atoms with Crippen molar-refractivity contribution in [2.45, 2.75) is 13.2 Å². The van der Waals surface area contributed by atoms with Crippen LogP contribution in [0.3, 0.4) is 0 Å². The molecule has 2 aromatic heterocycles. The summed E-state index contributed by atoms with van der Waals surface area (Å²) in [6.45, 7) is 2.31. The lowest BCUT2D eigenvalue weighted by Gasteiger charge is -2.19. The molecule has 0 saturated carbocycles. The van der Waals surface area contributed by atoms with Crippen LogP contribution in [0.25, 0.3) is 10.2 Å². The third-order valence-corrected chi connectivity index (χ3v) is 5.84. The van der Waals surface area contributed by atoms with Crippen LogP contribution in [-0.2, 0) is 4.74 Å². The van der Waals surface area contributed by atoms with Crippen molar-refractivity contribution in [3.8, 4) is 0 Å². The van der Waals surface area contributed by atoms with Crippen LogP contribution in [-0.4, -0.2) is 41.7 Å². The smallest absolute Gasteiger partial charge is 0.350 e. The van der Waals surface area contributed by atoms with Gasteiger partial charge in [-0.05, 0) is 36.1 Å². The number of rotatable bonds is 3. The van der Waals surface area contributed by atoms with Crippen LogP contribution in [0.5, 0.6) is 0 Å². The number of amides is 2. The Morgan fingerprint density at radius 2 is 2.20 bits per heavy atom. The number of aromatic nitrogens is 1. The molecule has 0 aliphatic carbocycles. The molecule has 1 fully saturated rings. The van der Waals surface area contributed by atoms with E-state index < -0.39 is 12.2 Å². The molecule has 3 heterocycles. The van der Waals surface area contributed by atoms with Crippen molar-refractivity contribution in [3.05, 3.63) is 46.2 Å². The summed E-state index contributed by atoms with van der Waals surface area (Å²) in [6, 6.07) is 9.25. The predicted octanol–water partition coefficient (Wildman–Crippen LogP) is 3.72. The van der Waals surface area contributed by atoms with Gasteiger partial charge in [0.1, 0.15) is 4.88 Å². The maximum absolute atomic E-state index is 12.6. The lowest BCUT2D eigenvalue weighted by molar-refractivity contribution is 0.0337. The largest absolute Gasteiger partial charge is 0.435 e. The Hall–Kier alpha value is -2.45. The van der Waals surface area contributed by atoms with Crippen molar-refractivity contribution in [1.82, 2.24) is 9.88 Å². The maximum atomic E-state index is 12.6. The zero-order valence-corrected chi connectivity index (χ0v) is 15.3. The molecular formula is C17H15N3O3S2. The minimum atomic E-state index is -0.686. The van der Waals surface area contributed by atoms with Crippen LogP contribution in [0.15, 0.2) is 35.7 Å². The van der Waals surface area contributed by atoms with Crippen molar-refractivity contribution < 1.29 is 14.3 Å². The Bertz CT molecular complexity index is 951. The molecule has 1 aliphatic heterocycles. The van der Waals surface area contributed by atoms with E-state index in [1.807, 2.05) is 30.5 Å². The quantitative estimate of drug-likeness (QED) is 0.657. The molecule has 25 heavy (non-hydrogen) atoms. The summed E-state index contributed by atoms with van der Waals surface area (Å²) in [6.07, 6.45) is -0.686. The van der Waals surface area contributed by atoms with E-state index in [0.717, 1.165) is 15.8 Å². The lowest BCUT2D eigenvalue weighted by atomic mass is 10.2. The Balaban J connectivity index is 1.66. The SMILES string of the molecule is Cc1ccc2sc(N3C(=O)N(C)CC3OC(=O)c3cccs3)nc2c1. The Kier molecular flexibility index (Phi) is 3.93. The molecule has 3 aromatic rings. The number of aryl methyl sites for hydroxylation is 1. The standard InChI is InChI=1S/C17H15N3O3S2/c1-10-5-6-12-11(8-10)18-16(25-12)20-14(9-19(2)17(20)22)23-15(21)13-4-3-7-24-13/h3-8,14H,9H2,1-2H3. The molecular weight excluding hydrogens is 358 g/mol. The molecule has 128 valence electrons. The number of ether oxygens (including phenoxy) is 1. The van der Waals surface area contributed by atoms with E-state index in [1.165, 1.54) is 32.5 Å². The van der Waals surface area contributed by atoms with Crippen molar-refractivity contribution in [2.24, 2.45) is 0 Å². The highest BCUT2D eigenvalue weighted by atomic mass is 32.1. The van der Waals surface area contributed by atoms with Crippen LogP contribution in [0.2, 0.25) is 0 Å². The minimum Gasteiger partial charge on any atom is -0.435 e. The molecule has 0 N–H and O–H groups in total. The number of likely N-dealkylation sites (N-methyl/N-ethyl adjacent to an activating group) is 1. The Morgan fingerprint density at radius 3 is 2.96 bits per heavy atom. The molecule has 1 saturated heterocycles. The number of esters is 1. The number of hydrogen-bond donors (Lipinski definition) is 0. The van der Waals surface area contributed by atoms with Gasteiger partial charge < -0.3 is 9.64 Å². The third-order valence-electron chi connectivity index (χ3n) is 3.95. The number of anilines is 1. The highest BCUT2D eigenvalue weighted by Gasteiger charge is 2.40. The van der Waals surface area contributed by atoms with E-state index in [9.17, 15) is 9.59 Å². The van der Waals surface area contributed by atoms with Gasteiger partial charge in [-0.25, -0.2) is 19.5 Å². The number of carbonyl (C=O) groups is 2. The van der Waals surface area contributed by atoms with Crippen molar-refractivity contribution in [3.63, 3.8) is 0 Å². The molecule has 4 rings (SSSR count). The highest BCUT2D eigenvalue weighted by Crippen LogP contribution is 2.33. The average molecular weight is 373 g/mol. The topological polar surface area (TPSA) is 62.7 Å². The number of urea groups is 1. The predicted molar refractivity (Wildman–Crippen MR) is 98.4 cm³/mol. The molecule has 2 amide bonds. The Labute approximate surface area is 152 Å². The van der Waals surface area contributed by atoms with Gasteiger partial charge in [0.15, 0.2) is 5.13 Å². The van der Waals surface area contributed by atoms with Crippen LogP contribution in [0.1, 0.15) is 15.2 Å². The van der Waals surface area contributed by atoms with Crippen LogP contribution >= 0.6 is 22.7 Å². The van der Waals surface area contributed by atoms with Gasteiger partial charge >= 0.3 is 12.0 Å². The molecule has 6 nitrogen and oxygen atoms in total. The highest BCUT2D eigenvalue weighted by molar-refractivity contribution is 7.22. The summed E-state index contributed by atoms with van der Waals surface area (Å²) in [4.78, 5) is 32.9. The summed E-state index contributed by atoms with van der Waals surface area (Å²) in [7, 11) is 1.69. The summed E-state index contributed by atoms with van der Waals surface area (Å²) < 4.78 is 6.58. The fraction of sp³-hybridized carbons (Fsp3) is 0.235. The first-order valence-electron chi connectivity index (χ1n) is 7.69. The number of benzene rings is 1. The van der Waals surface area contributed by atoms with Crippen LogP contribution in [0.4, 0.5) is 9.93 Å². The fourth-order valence-corrected chi connectivity index (χ4v) is 4.29. The van der Waals surface area contributed by atoms with Gasteiger partial charge in [-0.15, -0.1) is 11.3 Å². The number of hydrogen-bond acceptors (Lipinski definition) is 6. The number of thiophene rings is 1. The van der Waals surface area contributed by atoms with Gasteiger partial charge in [0, 0.05) is 7.05 Å². The minimum absolute atomic E-state index is 0.222. The first-order valence-corrected chi connectivity index (χ1v) is 9.38. The van der Waals surface area contributed by atoms with E-state index in [4.69, 9.17) is 4.74 Å². The van der Waals surface area contributed by atoms with E-state index in [2.05, 4.69) is 4.98 Å². The second kappa shape index (κ2) is 6.12. The molecule has 0 spiro atoms. The molecule has 0 radical (unpaired) electrons. The van der Waals surface area contributed by atoms with Gasteiger partial charge in [0.2, 0.25) is 6.23 Å². The Morgan fingerprint density at radius 1 is 1.36 bits per heavy atom. The number of thiazole rings is 1. The maximum Gasteiger partial charge on any atom is 0.350 e. The second-order valence-corrected chi connectivity index (χ2v) is 7.79. The van der Waals surface area contributed by atoms with Gasteiger partial charge in [0.25, 0.3) is 0 Å². The number of nitrogens with zero attached hydrogens (tertiary/aromatic N) is 3. The zero-order valence-electron chi connectivity index (χ0n) is 13.6. The number of carbonyl (C=O) groups excluding carboxylic acids is 2. The fourth-order valence-electron chi connectivity index (χ4n) is 2.70. The average Bonchev–Trinajstić information content (AvgIpc) is 3.27. The van der Waals surface area contributed by atoms with Gasteiger partial charge in [-0.1, -0.05) is 23.5 Å². The first-order chi connectivity index (χ1) is 12.0. The van der Waals surface area contributed by atoms with Crippen molar-refractivity contribution >= 4 is 50.0 Å². The second-order valence-electron chi connectivity index (χ2n) is 5.84. The normalized spacial score (nSPS) is 17.5. The summed E-state index contributed by atoms with van der Waals surface area (Å²) >= 11 is 2.73. The first kappa shape index (κ1) is 16.0. The summed E-state index contributed by atoms with van der Waals surface area (Å²) in [5.74, 6) is -0.426. The van der Waals surface area contributed by atoms with Crippen molar-refractivity contribution in [1.29, 1.82) is 0 Å². The van der Waals surface area contributed by atoms with Crippen LogP contribution < -0.4 is 4.90 Å². The molecule has 1 unspecified atom stereocenters. The lowest BCUT2D eigenvalue weighted by Crippen LogP contribution is -2.37. The molecule has 8 heteroatoms. The third kappa shape index (κ3) is 2.87. The molecule has 1 aliphatic rings. The monoisotopic (exact) mass is 373 g/mol. The van der Waals surface area contributed by atoms with Gasteiger partial charge in [0.05, 0.1) is 16.8 Å². The van der Waals surface area contributed by atoms with Gasteiger partial charge in [-0.2, -0.15) is 0 Å². The number of fused-ring (bicyclic) bond motifs is 1. The molecule has 0 bridgehead atoms. The molecule has 1 atom stereocenters. The van der Waals surface area contributed by atoms with Crippen molar-refractivity contribution in [2.75, 3.05) is 18.5 Å². The summed E-state index contributed by atoms with van der Waals surface area (Å²) in [5, 5.41) is 2.36. The van der Waals surface area contributed by atoms with E-state index in [0.29, 0.717) is 16.6 Å². The zero-order chi connectivity index (χ0) is 17.6. The van der Waals surface area contributed by atoms with E-state index in [1.54, 1.807) is 19.2 Å².